The number of aromatic amines is 1. The average molecular weight is 544 g/mol. The van der Waals surface area contributed by atoms with Crippen LogP contribution in [-0.2, 0) is 0 Å². The number of hydrogen-bond acceptors (Lipinski definition) is 7. The Morgan fingerprint density at radius 3 is 2.64 bits per heavy atom. The molecule has 8 nitrogen and oxygen atoms in total. The predicted molar refractivity (Wildman–Crippen MR) is 155 cm³/mol. The van der Waals surface area contributed by atoms with Crippen LogP contribution in [0.25, 0.3) is 32.9 Å². The molecule has 4 aliphatic rings. The molecule has 0 amide bonds. The van der Waals surface area contributed by atoms with Crippen LogP contribution in [0, 0.1) is 6.92 Å². The van der Waals surface area contributed by atoms with Crippen molar-refractivity contribution >= 4 is 39.2 Å². The quantitative estimate of drug-likeness (QED) is 0.363. The molecule has 2 bridgehead atoms. The van der Waals surface area contributed by atoms with E-state index in [4.69, 9.17) is 26.3 Å². The summed E-state index contributed by atoms with van der Waals surface area (Å²) >= 11 is 6.64. The van der Waals surface area contributed by atoms with Crippen molar-refractivity contribution in [3.63, 3.8) is 0 Å². The van der Waals surface area contributed by atoms with E-state index < -0.39 is 0 Å². The van der Waals surface area contributed by atoms with Crippen LogP contribution in [0.3, 0.4) is 0 Å². The minimum Gasteiger partial charge on any atom is -0.461 e. The predicted octanol–water partition coefficient (Wildman–Crippen LogP) is 5.08. The molecule has 4 aliphatic heterocycles. The van der Waals surface area contributed by atoms with Gasteiger partial charge in [0.2, 0.25) is 0 Å². The molecule has 6 heterocycles. The van der Waals surface area contributed by atoms with E-state index in [1.54, 1.807) is 0 Å². The summed E-state index contributed by atoms with van der Waals surface area (Å²) in [6.07, 6.45) is 9.24. The highest BCUT2D eigenvalue weighted by Gasteiger charge is 2.45. The summed E-state index contributed by atoms with van der Waals surface area (Å²) in [5, 5.41) is 14.0. The van der Waals surface area contributed by atoms with Crippen molar-refractivity contribution in [2.24, 2.45) is 0 Å². The molecule has 0 spiro atoms. The number of hydrogen-bond donors (Lipinski definition) is 2. The van der Waals surface area contributed by atoms with Gasteiger partial charge >= 0.3 is 6.01 Å². The van der Waals surface area contributed by atoms with Gasteiger partial charge in [0.25, 0.3) is 0 Å². The van der Waals surface area contributed by atoms with E-state index in [0.29, 0.717) is 24.7 Å². The number of aromatic nitrogens is 4. The molecule has 2 aromatic carbocycles. The first-order valence-corrected chi connectivity index (χ1v) is 14.8. The molecule has 0 saturated carbocycles. The Labute approximate surface area is 233 Å². The lowest BCUT2D eigenvalue weighted by Crippen LogP contribution is -2.51. The molecule has 0 aliphatic carbocycles. The van der Waals surface area contributed by atoms with Gasteiger partial charge in [0.1, 0.15) is 12.4 Å². The summed E-state index contributed by atoms with van der Waals surface area (Å²) < 4.78 is 6.51. The van der Waals surface area contributed by atoms with E-state index in [-0.39, 0.29) is 5.54 Å². The fourth-order valence-corrected chi connectivity index (χ4v) is 7.92. The smallest absolute Gasteiger partial charge is 0.319 e. The van der Waals surface area contributed by atoms with Gasteiger partial charge < -0.3 is 15.0 Å². The Morgan fingerprint density at radius 2 is 1.85 bits per heavy atom. The van der Waals surface area contributed by atoms with Gasteiger partial charge in [0.05, 0.1) is 22.8 Å². The molecule has 2 atom stereocenters. The normalized spacial score (nSPS) is 24.2. The minimum atomic E-state index is 0.152. The lowest BCUT2D eigenvalue weighted by atomic mass is 9.95. The fraction of sp³-hybridized carbons (Fsp3) is 0.500. The molecule has 4 saturated heterocycles. The Hall–Kier alpha value is -2.94. The number of anilines is 1. The van der Waals surface area contributed by atoms with Gasteiger partial charge in [0, 0.05) is 41.0 Å². The Morgan fingerprint density at radius 1 is 1.05 bits per heavy atom. The molecule has 8 rings (SSSR count). The highest BCUT2D eigenvalue weighted by Crippen LogP contribution is 2.41. The van der Waals surface area contributed by atoms with Crippen molar-refractivity contribution in [1.82, 2.24) is 30.4 Å². The second kappa shape index (κ2) is 9.04. The summed E-state index contributed by atoms with van der Waals surface area (Å²) in [6, 6.07) is 9.99. The molecule has 2 N–H and O–H groups in total. The largest absolute Gasteiger partial charge is 0.461 e. The highest BCUT2D eigenvalue weighted by molar-refractivity contribution is 6.33. The van der Waals surface area contributed by atoms with E-state index in [9.17, 15) is 0 Å². The molecule has 39 heavy (non-hydrogen) atoms. The third-order valence-corrected chi connectivity index (χ3v) is 10.1. The average Bonchev–Trinajstić information content (AvgIpc) is 3.72. The van der Waals surface area contributed by atoms with Crippen molar-refractivity contribution in [1.29, 1.82) is 0 Å². The first-order chi connectivity index (χ1) is 19.1. The molecular formula is C30H34ClN7O. The summed E-state index contributed by atoms with van der Waals surface area (Å²) in [5.74, 6) is 0.989. The number of nitrogens with zero attached hydrogens (tertiary/aromatic N) is 5. The maximum Gasteiger partial charge on any atom is 0.319 e. The summed E-state index contributed by atoms with van der Waals surface area (Å²) in [5.41, 5.74) is 5.18. The number of nitrogens with one attached hydrogen (secondary N) is 2. The third kappa shape index (κ3) is 3.90. The van der Waals surface area contributed by atoms with Crippen molar-refractivity contribution in [3.05, 3.63) is 41.0 Å². The van der Waals surface area contributed by atoms with E-state index >= 15 is 0 Å². The number of ether oxygens (including phenoxy) is 1. The van der Waals surface area contributed by atoms with Crippen molar-refractivity contribution < 1.29 is 4.74 Å². The van der Waals surface area contributed by atoms with Gasteiger partial charge in [-0.2, -0.15) is 15.1 Å². The SMILES string of the molecule is Cc1c(Cl)cc2[nH]ncc2c1-c1ccc2c(N3CC4CCC(C3)N4)nc(OCC34CCCN3CCC4)nc2c1. The maximum absolute atomic E-state index is 6.64. The molecule has 202 valence electrons. The van der Waals surface area contributed by atoms with Gasteiger partial charge in [-0.1, -0.05) is 17.7 Å². The number of H-pyrrole nitrogens is 1. The van der Waals surface area contributed by atoms with Gasteiger partial charge in [-0.25, -0.2) is 0 Å². The summed E-state index contributed by atoms with van der Waals surface area (Å²) in [4.78, 5) is 15.2. The fourth-order valence-electron chi connectivity index (χ4n) is 7.72. The first kappa shape index (κ1) is 23.9. The molecule has 4 aromatic rings. The lowest BCUT2D eigenvalue weighted by molar-refractivity contribution is 0.108. The van der Waals surface area contributed by atoms with Crippen LogP contribution in [-0.4, -0.2) is 75.5 Å². The van der Waals surface area contributed by atoms with Crippen molar-refractivity contribution in [2.45, 2.75) is 63.1 Å². The van der Waals surface area contributed by atoms with E-state index in [1.807, 2.05) is 12.3 Å². The zero-order valence-electron chi connectivity index (χ0n) is 22.3. The number of fused-ring (bicyclic) bond motifs is 5. The molecule has 2 unspecified atom stereocenters. The van der Waals surface area contributed by atoms with Crippen LogP contribution in [0.15, 0.2) is 30.5 Å². The van der Waals surface area contributed by atoms with Crippen LogP contribution in [0.2, 0.25) is 5.02 Å². The Balaban J connectivity index is 1.23. The van der Waals surface area contributed by atoms with Crippen molar-refractivity contribution in [3.8, 4) is 17.1 Å². The van der Waals surface area contributed by atoms with Gasteiger partial charge in [-0.3, -0.25) is 10.00 Å². The number of benzene rings is 2. The Bertz CT molecular complexity index is 1560. The Kier molecular flexibility index (Phi) is 5.54. The minimum absolute atomic E-state index is 0.152. The van der Waals surface area contributed by atoms with E-state index in [2.05, 4.69) is 50.4 Å². The zero-order chi connectivity index (χ0) is 26.1. The number of halogens is 1. The number of piperazine rings is 1. The van der Waals surface area contributed by atoms with E-state index in [0.717, 1.165) is 62.4 Å². The van der Waals surface area contributed by atoms with Crippen LogP contribution >= 0.6 is 11.6 Å². The zero-order valence-corrected chi connectivity index (χ0v) is 23.1. The van der Waals surface area contributed by atoms with Gasteiger partial charge in [-0.15, -0.1) is 0 Å². The topological polar surface area (TPSA) is 82.2 Å². The first-order valence-electron chi connectivity index (χ1n) is 14.4. The molecular weight excluding hydrogens is 510 g/mol. The second-order valence-corrected chi connectivity index (χ2v) is 12.4. The lowest BCUT2D eigenvalue weighted by Gasteiger charge is -2.34. The van der Waals surface area contributed by atoms with Gasteiger partial charge in [0.15, 0.2) is 0 Å². The molecule has 2 aromatic heterocycles. The van der Waals surface area contributed by atoms with Crippen LogP contribution in [0.1, 0.15) is 44.1 Å². The van der Waals surface area contributed by atoms with E-state index in [1.165, 1.54) is 51.6 Å². The third-order valence-electron chi connectivity index (χ3n) is 9.68. The molecule has 9 heteroatoms. The highest BCUT2D eigenvalue weighted by atomic mass is 35.5. The summed E-state index contributed by atoms with van der Waals surface area (Å²) in [7, 11) is 0. The van der Waals surface area contributed by atoms with Crippen LogP contribution < -0.4 is 15.0 Å². The van der Waals surface area contributed by atoms with Crippen molar-refractivity contribution in [2.75, 3.05) is 37.7 Å². The maximum atomic E-state index is 6.64. The molecule has 4 fully saturated rings. The van der Waals surface area contributed by atoms with Gasteiger partial charge in [-0.05, 0) is 93.4 Å². The van der Waals surface area contributed by atoms with Crippen LogP contribution in [0.4, 0.5) is 5.82 Å². The van der Waals surface area contributed by atoms with Crippen LogP contribution in [0.5, 0.6) is 6.01 Å². The molecule has 0 radical (unpaired) electrons. The second-order valence-electron chi connectivity index (χ2n) is 12.0. The monoisotopic (exact) mass is 543 g/mol. The standard InChI is InChI=1S/C30H34ClN7O/c1-18-24(31)13-26-23(14-32-36-26)27(18)19-4-7-22-25(12-19)34-29(39-17-30-8-2-10-38(30)11-3-9-30)35-28(22)37-15-20-5-6-21(16-37)33-20/h4,7,12-14,20-21,33H,2-3,5-6,8-11,15-17H2,1H3,(H,32,36). The number of rotatable bonds is 5. The summed E-state index contributed by atoms with van der Waals surface area (Å²) in [6.45, 7) is 7.02.